The SMILES string of the molecule is CCOC(=O)C1=C(C)N=c2s/c(=C\c3cc(I)cc(I)c3O)c(=O)n2[C@@H]1c1ccc(OCC)c(OCC)c1. The maximum Gasteiger partial charge on any atom is 0.338 e. The quantitative estimate of drug-likeness (QED) is 0.268. The van der Waals surface area contributed by atoms with Crippen molar-refractivity contribution in [2.24, 2.45) is 4.99 Å². The highest BCUT2D eigenvalue weighted by Gasteiger charge is 2.34. The van der Waals surface area contributed by atoms with E-state index in [1.807, 2.05) is 32.0 Å². The number of benzene rings is 2. The highest BCUT2D eigenvalue weighted by molar-refractivity contribution is 14.1. The minimum Gasteiger partial charge on any atom is -0.506 e. The van der Waals surface area contributed by atoms with Gasteiger partial charge in [-0.25, -0.2) is 9.79 Å². The van der Waals surface area contributed by atoms with Gasteiger partial charge < -0.3 is 19.3 Å². The first-order valence-corrected chi connectivity index (χ1v) is 14.9. The molecule has 0 spiro atoms. The number of carbonyl (C=O) groups excluding carboxylic acids is 1. The number of hydrogen-bond donors (Lipinski definition) is 1. The summed E-state index contributed by atoms with van der Waals surface area (Å²) in [5.74, 6) is 0.659. The van der Waals surface area contributed by atoms with Gasteiger partial charge in [0, 0.05) is 9.13 Å². The molecule has 0 aliphatic carbocycles. The number of carbonyl (C=O) groups is 1. The summed E-state index contributed by atoms with van der Waals surface area (Å²) in [5, 5.41) is 10.6. The summed E-state index contributed by atoms with van der Waals surface area (Å²) < 4.78 is 20.4. The van der Waals surface area contributed by atoms with Crippen LogP contribution in [0.4, 0.5) is 0 Å². The van der Waals surface area contributed by atoms with E-state index in [1.54, 1.807) is 32.1 Å². The number of aromatic nitrogens is 1. The Kier molecular flexibility index (Phi) is 9.19. The van der Waals surface area contributed by atoms with Gasteiger partial charge in [-0.1, -0.05) is 17.4 Å². The van der Waals surface area contributed by atoms with Crippen LogP contribution in [0.1, 0.15) is 44.9 Å². The lowest BCUT2D eigenvalue weighted by molar-refractivity contribution is -0.139. The summed E-state index contributed by atoms with van der Waals surface area (Å²) in [6.45, 7) is 8.31. The fraction of sp³-hybridized carbons (Fsp3) is 0.296. The molecule has 0 amide bonds. The number of phenolic OH excluding ortho intramolecular Hbond substituents is 1. The number of thiazole rings is 1. The van der Waals surface area contributed by atoms with Crippen LogP contribution >= 0.6 is 56.5 Å². The van der Waals surface area contributed by atoms with Crippen LogP contribution in [0.3, 0.4) is 0 Å². The Labute approximate surface area is 250 Å². The van der Waals surface area contributed by atoms with Gasteiger partial charge in [-0.15, -0.1) is 0 Å². The van der Waals surface area contributed by atoms with Crippen LogP contribution in [0.25, 0.3) is 6.08 Å². The molecule has 200 valence electrons. The second-order valence-electron chi connectivity index (χ2n) is 8.20. The topological polar surface area (TPSA) is 99.4 Å². The molecule has 0 unspecified atom stereocenters. The lowest BCUT2D eigenvalue weighted by atomic mass is 9.95. The molecule has 1 aliphatic rings. The lowest BCUT2D eigenvalue weighted by Crippen LogP contribution is -2.40. The van der Waals surface area contributed by atoms with Gasteiger partial charge in [-0.2, -0.15) is 0 Å². The number of ether oxygens (including phenoxy) is 3. The van der Waals surface area contributed by atoms with Crippen molar-refractivity contribution in [2.45, 2.75) is 33.7 Å². The minimum absolute atomic E-state index is 0.102. The molecule has 2 heterocycles. The zero-order chi connectivity index (χ0) is 27.6. The predicted molar refractivity (Wildman–Crippen MR) is 163 cm³/mol. The van der Waals surface area contributed by atoms with E-state index in [1.165, 1.54) is 15.9 Å². The van der Waals surface area contributed by atoms with E-state index in [2.05, 4.69) is 50.2 Å². The van der Waals surface area contributed by atoms with E-state index < -0.39 is 12.0 Å². The molecule has 3 aromatic rings. The summed E-state index contributed by atoms with van der Waals surface area (Å²) in [4.78, 5) is 32.1. The molecule has 38 heavy (non-hydrogen) atoms. The molecular weight excluding hydrogens is 734 g/mol. The molecule has 4 rings (SSSR count). The van der Waals surface area contributed by atoms with Crippen molar-refractivity contribution in [3.8, 4) is 17.2 Å². The largest absolute Gasteiger partial charge is 0.506 e. The number of esters is 1. The Balaban J connectivity index is 1.98. The summed E-state index contributed by atoms with van der Waals surface area (Å²) in [7, 11) is 0. The number of halogens is 2. The third-order valence-electron chi connectivity index (χ3n) is 5.74. The smallest absolute Gasteiger partial charge is 0.338 e. The Bertz CT molecular complexity index is 1610. The molecule has 1 aliphatic heterocycles. The van der Waals surface area contributed by atoms with Crippen molar-refractivity contribution in [3.05, 3.63) is 79.6 Å². The molecular formula is C27H26I2N2O6S. The first-order valence-electron chi connectivity index (χ1n) is 12.0. The van der Waals surface area contributed by atoms with Gasteiger partial charge in [-0.3, -0.25) is 9.36 Å². The van der Waals surface area contributed by atoms with Crippen molar-refractivity contribution in [1.82, 2.24) is 4.57 Å². The molecule has 0 fully saturated rings. The molecule has 0 saturated carbocycles. The van der Waals surface area contributed by atoms with Crippen molar-refractivity contribution >= 4 is 68.6 Å². The fourth-order valence-electron chi connectivity index (χ4n) is 4.18. The van der Waals surface area contributed by atoms with Gasteiger partial charge in [0.25, 0.3) is 5.56 Å². The summed E-state index contributed by atoms with van der Waals surface area (Å²) in [6.07, 6.45) is 1.66. The molecule has 1 atom stereocenters. The van der Waals surface area contributed by atoms with E-state index >= 15 is 0 Å². The Morgan fingerprint density at radius 1 is 1.11 bits per heavy atom. The molecule has 0 saturated heterocycles. The van der Waals surface area contributed by atoms with Gasteiger partial charge >= 0.3 is 5.97 Å². The number of aromatic hydroxyl groups is 1. The van der Waals surface area contributed by atoms with Crippen LogP contribution in [0.2, 0.25) is 0 Å². The number of nitrogens with zero attached hydrogens (tertiary/aromatic N) is 2. The van der Waals surface area contributed by atoms with Gasteiger partial charge in [0.2, 0.25) is 0 Å². The number of fused-ring (bicyclic) bond motifs is 1. The Hall–Kier alpha value is -2.39. The van der Waals surface area contributed by atoms with E-state index in [4.69, 9.17) is 14.2 Å². The van der Waals surface area contributed by atoms with E-state index in [-0.39, 0.29) is 23.5 Å². The summed E-state index contributed by atoms with van der Waals surface area (Å²) >= 11 is 5.43. The number of hydrogen-bond acceptors (Lipinski definition) is 8. The van der Waals surface area contributed by atoms with E-state index in [0.717, 1.165) is 3.57 Å². The van der Waals surface area contributed by atoms with Crippen LogP contribution < -0.4 is 24.4 Å². The van der Waals surface area contributed by atoms with E-state index in [9.17, 15) is 14.7 Å². The first-order chi connectivity index (χ1) is 18.2. The van der Waals surface area contributed by atoms with Gasteiger partial charge in [0.05, 0.1) is 45.2 Å². The highest BCUT2D eigenvalue weighted by atomic mass is 127. The maximum atomic E-state index is 13.9. The zero-order valence-corrected chi connectivity index (χ0v) is 26.3. The third kappa shape index (κ3) is 5.64. The van der Waals surface area contributed by atoms with Crippen LogP contribution in [0.15, 0.2) is 51.4 Å². The average Bonchev–Trinajstić information content (AvgIpc) is 3.17. The standard InChI is InChI=1S/C27H26I2N2O6S/c1-5-35-19-9-8-15(11-20(19)36-6-2)23-22(26(34)37-7-3)14(4)30-27-31(23)25(33)21(38-27)12-16-10-17(28)13-18(29)24(16)32/h8-13,23,32H,5-7H2,1-4H3/b21-12-/t23-/m1/s1. The molecule has 0 radical (unpaired) electrons. The molecule has 1 aromatic heterocycles. The first kappa shape index (κ1) is 28.6. The molecule has 1 N–H and O–H groups in total. The van der Waals surface area contributed by atoms with E-state index in [0.29, 0.717) is 54.4 Å². The van der Waals surface area contributed by atoms with Crippen LogP contribution in [0.5, 0.6) is 17.2 Å². The maximum absolute atomic E-state index is 13.9. The van der Waals surface area contributed by atoms with Gasteiger partial charge in [0.1, 0.15) is 5.75 Å². The summed E-state index contributed by atoms with van der Waals surface area (Å²) in [6, 6.07) is 8.27. The zero-order valence-electron chi connectivity index (χ0n) is 21.2. The highest BCUT2D eigenvalue weighted by Crippen LogP contribution is 2.36. The minimum atomic E-state index is -0.785. The average molecular weight is 760 g/mol. The second kappa shape index (κ2) is 12.2. The third-order valence-corrected chi connectivity index (χ3v) is 8.17. The monoisotopic (exact) mass is 760 g/mol. The Morgan fingerprint density at radius 2 is 1.82 bits per heavy atom. The molecule has 2 aromatic carbocycles. The van der Waals surface area contributed by atoms with Crippen LogP contribution in [-0.4, -0.2) is 35.5 Å². The molecule has 0 bridgehead atoms. The second-order valence-corrected chi connectivity index (χ2v) is 11.6. The fourth-order valence-corrected chi connectivity index (χ4v) is 7.11. The van der Waals surface area contributed by atoms with Crippen molar-refractivity contribution in [2.75, 3.05) is 19.8 Å². The van der Waals surface area contributed by atoms with Crippen LogP contribution in [0, 0.1) is 7.14 Å². The predicted octanol–water partition coefficient (Wildman–Crippen LogP) is 4.51. The van der Waals surface area contributed by atoms with Crippen LogP contribution in [-0.2, 0) is 9.53 Å². The van der Waals surface area contributed by atoms with Crippen molar-refractivity contribution in [3.63, 3.8) is 0 Å². The number of rotatable bonds is 8. The summed E-state index contributed by atoms with van der Waals surface area (Å²) in [5.41, 5.74) is 1.62. The Morgan fingerprint density at radius 3 is 2.50 bits per heavy atom. The number of phenols is 1. The molecule has 8 nitrogen and oxygen atoms in total. The van der Waals surface area contributed by atoms with Crippen molar-refractivity contribution < 1.29 is 24.1 Å². The van der Waals surface area contributed by atoms with Gasteiger partial charge in [0.15, 0.2) is 16.3 Å². The normalized spacial score (nSPS) is 15.2. The number of allylic oxidation sites excluding steroid dienone is 1. The molecule has 11 heteroatoms. The lowest BCUT2D eigenvalue weighted by Gasteiger charge is -2.25. The van der Waals surface area contributed by atoms with Crippen molar-refractivity contribution in [1.29, 1.82) is 0 Å². The van der Waals surface area contributed by atoms with Gasteiger partial charge in [-0.05, 0) is 109 Å².